The van der Waals surface area contributed by atoms with Gasteiger partial charge in [0.2, 0.25) is 0 Å². The van der Waals surface area contributed by atoms with Gasteiger partial charge in [0.05, 0.1) is 0 Å². The van der Waals surface area contributed by atoms with Crippen LogP contribution in [0.2, 0.25) is 0 Å². The van der Waals surface area contributed by atoms with Crippen LogP contribution in [-0.4, -0.2) is 17.0 Å². The van der Waals surface area contributed by atoms with Crippen LogP contribution in [0.5, 0.6) is 0 Å². The summed E-state index contributed by atoms with van der Waals surface area (Å²) < 4.78 is 0. The Morgan fingerprint density at radius 3 is 2.78 bits per heavy atom. The van der Waals surface area contributed by atoms with Crippen LogP contribution < -0.4 is 10.2 Å². The molecule has 0 aliphatic carbocycles. The minimum Gasteiger partial charge on any atom is -0.366 e. The zero-order valence-corrected chi connectivity index (χ0v) is 10.0. The SMILES string of the molecule is CN(C#N)c1cc(NCc2ccccc2)ncn1. The van der Waals surface area contributed by atoms with Gasteiger partial charge in [-0.15, -0.1) is 0 Å². The van der Waals surface area contributed by atoms with E-state index >= 15 is 0 Å². The molecule has 5 heteroatoms. The van der Waals surface area contributed by atoms with E-state index in [1.54, 1.807) is 13.1 Å². The van der Waals surface area contributed by atoms with Gasteiger partial charge >= 0.3 is 0 Å². The maximum Gasteiger partial charge on any atom is 0.185 e. The van der Waals surface area contributed by atoms with Crippen LogP contribution in [0.15, 0.2) is 42.7 Å². The minimum absolute atomic E-state index is 0.572. The predicted molar refractivity (Wildman–Crippen MR) is 69.8 cm³/mol. The summed E-state index contributed by atoms with van der Waals surface area (Å²) in [5.74, 6) is 1.27. The van der Waals surface area contributed by atoms with Crippen molar-refractivity contribution in [2.45, 2.75) is 6.54 Å². The fraction of sp³-hybridized carbons (Fsp3) is 0.154. The summed E-state index contributed by atoms with van der Waals surface area (Å²) in [7, 11) is 1.66. The molecule has 1 aromatic carbocycles. The van der Waals surface area contributed by atoms with Crippen molar-refractivity contribution in [2.24, 2.45) is 0 Å². The van der Waals surface area contributed by atoms with E-state index in [4.69, 9.17) is 5.26 Å². The molecule has 0 bridgehead atoms. The zero-order chi connectivity index (χ0) is 12.8. The van der Waals surface area contributed by atoms with Crippen molar-refractivity contribution in [3.63, 3.8) is 0 Å². The molecule has 0 saturated heterocycles. The lowest BCUT2D eigenvalue weighted by Crippen LogP contribution is -2.11. The first-order valence-corrected chi connectivity index (χ1v) is 5.53. The summed E-state index contributed by atoms with van der Waals surface area (Å²) in [6.45, 7) is 0.688. The van der Waals surface area contributed by atoms with Crippen LogP contribution in [0, 0.1) is 11.5 Å². The molecule has 0 aliphatic heterocycles. The molecule has 5 nitrogen and oxygen atoms in total. The Kier molecular flexibility index (Phi) is 3.72. The third kappa shape index (κ3) is 2.95. The first-order valence-electron chi connectivity index (χ1n) is 5.53. The molecule has 0 unspecified atom stereocenters. The fourth-order valence-corrected chi connectivity index (χ4v) is 1.47. The zero-order valence-electron chi connectivity index (χ0n) is 10.0. The Morgan fingerprint density at radius 2 is 2.06 bits per heavy atom. The Hall–Kier alpha value is -2.61. The first-order chi connectivity index (χ1) is 8.79. The van der Waals surface area contributed by atoms with Crippen molar-refractivity contribution in [1.82, 2.24) is 9.97 Å². The second kappa shape index (κ2) is 5.64. The maximum absolute atomic E-state index is 8.78. The molecule has 18 heavy (non-hydrogen) atoms. The van der Waals surface area contributed by atoms with E-state index in [1.807, 2.05) is 36.5 Å². The van der Waals surface area contributed by atoms with Gasteiger partial charge in [-0.25, -0.2) is 9.97 Å². The summed E-state index contributed by atoms with van der Waals surface area (Å²) in [6, 6.07) is 11.8. The summed E-state index contributed by atoms with van der Waals surface area (Å²) in [4.78, 5) is 9.51. The standard InChI is InChI=1S/C13H13N5/c1-18(9-14)13-7-12(16-10-17-13)15-8-11-5-3-2-4-6-11/h2-7,10H,8H2,1H3,(H,15,16,17). The van der Waals surface area contributed by atoms with E-state index in [0.29, 0.717) is 18.2 Å². The molecular weight excluding hydrogens is 226 g/mol. The monoisotopic (exact) mass is 239 g/mol. The second-order valence-corrected chi connectivity index (χ2v) is 3.76. The van der Waals surface area contributed by atoms with Gasteiger partial charge in [0, 0.05) is 19.7 Å². The van der Waals surface area contributed by atoms with Crippen molar-refractivity contribution in [3.05, 3.63) is 48.3 Å². The Bertz CT molecular complexity index is 547. The molecule has 2 aromatic rings. The van der Waals surface area contributed by atoms with Gasteiger partial charge in [-0.3, -0.25) is 4.90 Å². The Balaban J connectivity index is 2.04. The fourth-order valence-electron chi connectivity index (χ4n) is 1.47. The lowest BCUT2D eigenvalue weighted by molar-refractivity contribution is 1.05. The van der Waals surface area contributed by atoms with Gasteiger partial charge in [0.1, 0.15) is 18.0 Å². The van der Waals surface area contributed by atoms with E-state index in [1.165, 1.54) is 16.8 Å². The molecule has 1 aromatic heterocycles. The molecule has 90 valence electrons. The third-order valence-corrected chi connectivity index (χ3v) is 2.46. The highest BCUT2D eigenvalue weighted by Gasteiger charge is 2.02. The average molecular weight is 239 g/mol. The Morgan fingerprint density at radius 1 is 1.28 bits per heavy atom. The molecule has 0 aliphatic rings. The van der Waals surface area contributed by atoms with E-state index in [9.17, 15) is 0 Å². The highest BCUT2D eigenvalue weighted by atomic mass is 15.2. The van der Waals surface area contributed by atoms with Gasteiger partial charge in [0.25, 0.3) is 0 Å². The summed E-state index contributed by atoms with van der Waals surface area (Å²) in [5, 5.41) is 12.0. The highest BCUT2D eigenvalue weighted by Crippen LogP contribution is 2.12. The summed E-state index contributed by atoms with van der Waals surface area (Å²) in [5.41, 5.74) is 1.17. The van der Waals surface area contributed by atoms with E-state index < -0.39 is 0 Å². The minimum atomic E-state index is 0.572. The number of anilines is 2. The van der Waals surface area contributed by atoms with E-state index in [2.05, 4.69) is 15.3 Å². The number of hydrogen-bond acceptors (Lipinski definition) is 5. The van der Waals surface area contributed by atoms with Crippen molar-refractivity contribution in [1.29, 1.82) is 5.26 Å². The van der Waals surface area contributed by atoms with Crippen LogP contribution in [0.3, 0.4) is 0 Å². The van der Waals surface area contributed by atoms with Crippen molar-refractivity contribution in [3.8, 4) is 6.19 Å². The van der Waals surface area contributed by atoms with Crippen LogP contribution in [0.4, 0.5) is 11.6 Å². The van der Waals surface area contributed by atoms with Gasteiger partial charge in [-0.1, -0.05) is 30.3 Å². The lowest BCUT2D eigenvalue weighted by Gasteiger charge is -2.10. The number of nitriles is 1. The van der Waals surface area contributed by atoms with Gasteiger partial charge in [-0.05, 0) is 5.56 Å². The number of benzene rings is 1. The topological polar surface area (TPSA) is 64.8 Å². The predicted octanol–water partition coefficient (Wildman–Crippen LogP) is 2.01. The molecule has 0 atom stereocenters. The average Bonchev–Trinajstić information content (AvgIpc) is 2.45. The van der Waals surface area contributed by atoms with Crippen LogP contribution in [0.25, 0.3) is 0 Å². The quantitative estimate of drug-likeness (QED) is 0.653. The first kappa shape index (κ1) is 11.9. The molecule has 1 N–H and O–H groups in total. The third-order valence-electron chi connectivity index (χ3n) is 2.46. The molecular formula is C13H13N5. The number of nitrogens with one attached hydrogen (secondary N) is 1. The van der Waals surface area contributed by atoms with Gasteiger partial charge in [-0.2, -0.15) is 5.26 Å². The molecule has 0 amide bonds. The van der Waals surface area contributed by atoms with E-state index in [-0.39, 0.29) is 0 Å². The number of nitrogens with zero attached hydrogens (tertiary/aromatic N) is 4. The van der Waals surface area contributed by atoms with Crippen LogP contribution in [-0.2, 0) is 6.54 Å². The van der Waals surface area contributed by atoms with Crippen molar-refractivity contribution in [2.75, 3.05) is 17.3 Å². The largest absolute Gasteiger partial charge is 0.366 e. The van der Waals surface area contributed by atoms with Gasteiger partial charge < -0.3 is 5.32 Å². The molecule has 0 saturated carbocycles. The van der Waals surface area contributed by atoms with Crippen LogP contribution in [0.1, 0.15) is 5.56 Å². The second-order valence-electron chi connectivity index (χ2n) is 3.76. The summed E-state index contributed by atoms with van der Waals surface area (Å²) >= 11 is 0. The molecule has 0 spiro atoms. The summed E-state index contributed by atoms with van der Waals surface area (Å²) in [6.07, 6.45) is 3.44. The maximum atomic E-state index is 8.78. The van der Waals surface area contributed by atoms with Crippen molar-refractivity contribution < 1.29 is 0 Å². The molecule has 0 radical (unpaired) electrons. The molecule has 0 fully saturated rings. The molecule has 1 heterocycles. The van der Waals surface area contributed by atoms with E-state index in [0.717, 1.165) is 0 Å². The Labute approximate surface area is 106 Å². The lowest BCUT2D eigenvalue weighted by atomic mass is 10.2. The van der Waals surface area contributed by atoms with Crippen LogP contribution >= 0.6 is 0 Å². The highest BCUT2D eigenvalue weighted by molar-refractivity contribution is 5.50. The number of aromatic nitrogens is 2. The number of hydrogen-bond donors (Lipinski definition) is 1. The normalized spacial score (nSPS) is 9.56. The van der Waals surface area contributed by atoms with Gasteiger partial charge in [0.15, 0.2) is 6.19 Å². The number of rotatable bonds is 4. The molecule has 2 rings (SSSR count). The van der Waals surface area contributed by atoms with Crippen molar-refractivity contribution >= 4 is 11.6 Å². The smallest absolute Gasteiger partial charge is 0.185 e.